The summed E-state index contributed by atoms with van der Waals surface area (Å²) in [5.74, 6) is 0.644. The molecule has 2 aromatic carbocycles. The number of methoxy groups -OCH3 is 1. The van der Waals surface area contributed by atoms with Crippen LogP contribution in [0.5, 0.6) is 5.75 Å². The lowest BCUT2D eigenvalue weighted by molar-refractivity contribution is 0.190. The topological polar surface area (TPSA) is 41.6 Å². The van der Waals surface area contributed by atoms with Gasteiger partial charge >= 0.3 is 6.03 Å². The van der Waals surface area contributed by atoms with Crippen molar-refractivity contribution in [3.05, 3.63) is 82.0 Å². The monoisotopic (exact) mass is 380 g/mol. The SMILES string of the molecule is COc1ccccc1NC(=O)N(Cc1sccc1C)C(C)c1ccccc1. The van der Waals surface area contributed by atoms with Crippen LogP contribution in [0.2, 0.25) is 0 Å². The molecular weight excluding hydrogens is 356 g/mol. The van der Waals surface area contributed by atoms with E-state index in [0.717, 1.165) is 5.56 Å². The number of carbonyl (C=O) groups is 1. The first-order valence-corrected chi connectivity index (χ1v) is 9.76. The van der Waals surface area contributed by atoms with Crippen LogP contribution in [0.4, 0.5) is 10.5 Å². The van der Waals surface area contributed by atoms with Crippen molar-refractivity contribution >= 4 is 23.1 Å². The molecule has 1 N–H and O–H groups in total. The fourth-order valence-corrected chi connectivity index (χ4v) is 3.86. The number of amides is 2. The lowest BCUT2D eigenvalue weighted by Crippen LogP contribution is -2.36. The fourth-order valence-electron chi connectivity index (χ4n) is 2.95. The lowest BCUT2D eigenvalue weighted by atomic mass is 10.1. The molecule has 1 heterocycles. The zero-order valence-corrected chi connectivity index (χ0v) is 16.6. The lowest BCUT2D eigenvalue weighted by Gasteiger charge is -2.30. The molecule has 0 aliphatic heterocycles. The molecule has 3 aromatic rings. The minimum absolute atomic E-state index is 0.0672. The van der Waals surface area contributed by atoms with E-state index in [1.54, 1.807) is 18.4 Å². The molecule has 0 saturated heterocycles. The zero-order chi connectivity index (χ0) is 19.2. The predicted molar refractivity (Wildman–Crippen MR) is 111 cm³/mol. The van der Waals surface area contributed by atoms with E-state index in [1.807, 2.05) is 47.4 Å². The van der Waals surface area contributed by atoms with E-state index in [-0.39, 0.29) is 12.1 Å². The molecule has 3 rings (SSSR count). The van der Waals surface area contributed by atoms with Crippen molar-refractivity contribution in [2.75, 3.05) is 12.4 Å². The number of hydrogen-bond acceptors (Lipinski definition) is 3. The highest BCUT2D eigenvalue weighted by Gasteiger charge is 2.23. The van der Waals surface area contributed by atoms with E-state index in [0.29, 0.717) is 18.0 Å². The molecule has 0 aliphatic rings. The number of thiophene rings is 1. The van der Waals surface area contributed by atoms with Gasteiger partial charge < -0.3 is 15.0 Å². The van der Waals surface area contributed by atoms with Gasteiger partial charge in [-0.2, -0.15) is 0 Å². The molecule has 1 atom stereocenters. The molecular formula is C22H24N2O2S. The summed E-state index contributed by atoms with van der Waals surface area (Å²) in [5.41, 5.74) is 2.97. The largest absolute Gasteiger partial charge is 0.495 e. The number of carbonyl (C=O) groups excluding carboxylic acids is 1. The van der Waals surface area contributed by atoms with E-state index >= 15 is 0 Å². The summed E-state index contributed by atoms with van der Waals surface area (Å²) in [5, 5.41) is 5.07. The van der Waals surface area contributed by atoms with Crippen molar-refractivity contribution in [1.29, 1.82) is 0 Å². The van der Waals surface area contributed by atoms with Crippen molar-refractivity contribution in [3.63, 3.8) is 0 Å². The first-order valence-electron chi connectivity index (χ1n) is 8.88. The van der Waals surface area contributed by atoms with E-state index in [1.165, 1.54) is 10.4 Å². The average Bonchev–Trinajstić information content (AvgIpc) is 3.11. The van der Waals surface area contributed by atoms with E-state index in [9.17, 15) is 4.79 Å². The van der Waals surface area contributed by atoms with Crippen LogP contribution in [0, 0.1) is 6.92 Å². The van der Waals surface area contributed by atoms with Crippen LogP contribution >= 0.6 is 11.3 Å². The van der Waals surface area contributed by atoms with Crippen LogP contribution in [0.1, 0.15) is 29.0 Å². The Bertz CT molecular complexity index is 892. The Kier molecular flexibility index (Phi) is 6.14. The Morgan fingerprint density at radius 1 is 1.11 bits per heavy atom. The third-order valence-corrected chi connectivity index (χ3v) is 5.65. The Morgan fingerprint density at radius 3 is 2.48 bits per heavy atom. The molecule has 0 bridgehead atoms. The van der Waals surface area contributed by atoms with Crippen LogP contribution in [-0.2, 0) is 6.54 Å². The third-order valence-electron chi connectivity index (χ3n) is 4.64. The van der Waals surface area contributed by atoms with Gasteiger partial charge in [0.1, 0.15) is 5.75 Å². The second kappa shape index (κ2) is 8.73. The molecule has 2 amide bonds. The van der Waals surface area contributed by atoms with Gasteiger partial charge in [-0.1, -0.05) is 42.5 Å². The van der Waals surface area contributed by atoms with Crippen LogP contribution in [-0.4, -0.2) is 18.0 Å². The molecule has 0 aliphatic carbocycles. The maximum atomic E-state index is 13.2. The molecule has 0 radical (unpaired) electrons. The van der Waals surface area contributed by atoms with E-state index < -0.39 is 0 Å². The number of nitrogens with one attached hydrogen (secondary N) is 1. The molecule has 27 heavy (non-hydrogen) atoms. The highest BCUT2D eigenvalue weighted by molar-refractivity contribution is 7.10. The van der Waals surface area contributed by atoms with Crippen molar-refractivity contribution in [3.8, 4) is 5.75 Å². The number of nitrogens with zero attached hydrogens (tertiary/aromatic N) is 1. The maximum Gasteiger partial charge on any atom is 0.322 e. The highest BCUT2D eigenvalue weighted by Crippen LogP contribution is 2.28. The summed E-state index contributed by atoms with van der Waals surface area (Å²) in [6.07, 6.45) is 0. The molecule has 1 aromatic heterocycles. The standard InChI is InChI=1S/C22H24N2O2S/c1-16-13-14-27-21(16)15-24(17(2)18-9-5-4-6-10-18)22(25)23-19-11-7-8-12-20(19)26-3/h4-14,17H,15H2,1-3H3,(H,23,25). The fraction of sp³-hybridized carbons (Fsp3) is 0.227. The number of anilines is 1. The number of benzene rings is 2. The second-order valence-electron chi connectivity index (χ2n) is 6.37. The van der Waals surface area contributed by atoms with E-state index in [2.05, 4.69) is 42.7 Å². The van der Waals surface area contributed by atoms with Gasteiger partial charge in [0.15, 0.2) is 0 Å². The van der Waals surface area contributed by atoms with Crippen molar-refractivity contribution in [2.24, 2.45) is 0 Å². The van der Waals surface area contributed by atoms with Crippen LogP contribution in [0.25, 0.3) is 0 Å². The first-order chi connectivity index (χ1) is 13.1. The number of urea groups is 1. The third kappa shape index (κ3) is 4.49. The second-order valence-corrected chi connectivity index (χ2v) is 7.37. The molecule has 4 nitrogen and oxygen atoms in total. The van der Waals surface area contributed by atoms with Gasteiger partial charge in [0.25, 0.3) is 0 Å². The Hall–Kier alpha value is -2.79. The average molecular weight is 381 g/mol. The molecule has 0 saturated carbocycles. The number of ether oxygens (including phenoxy) is 1. The maximum absolute atomic E-state index is 13.2. The molecule has 0 fully saturated rings. The number of para-hydroxylation sites is 2. The van der Waals surface area contributed by atoms with Gasteiger partial charge in [0, 0.05) is 4.88 Å². The van der Waals surface area contributed by atoms with E-state index in [4.69, 9.17) is 4.74 Å². The summed E-state index contributed by atoms with van der Waals surface area (Å²) in [6.45, 7) is 4.69. The number of hydrogen-bond donors (Lipinski definition) is 1. The van der Waals surface area contributed by atoms with Crippen LogP contribution in [0.3, 0.4) is 0 Å². The smallest absolute Gasteiger partial charge is 0.322 e. The van der Waals surface area contributed by atoms with Crippen molar-refractivity contribution < 1.29 is 9.53 Å². The zero-order valence-electron chi connectivity index (χ0n) is 15.8. The van der Waals surface area contributed by atoms with Crippen molar-refractivity contribution in [1.82, 2.24) is 4.90 Å². The summed E-state index contributed by atoms with van der Waals surface area (Å²) in [4.78, 5) is 16.2. The number of aryl methyl sites for hydroxylation is 1. The summed E-state index contributed by atoms with van der Waals surface area (Å²) < 4.78 is 5.36. The van der Waals surface area contributed by atoms with Gasteiger partial charge in [0.2, 0.25) is 0 Å². The van der Waals surface area contributed by atoms with Gasteiger partial charge in [-0.3, -0.25) is 0 Å². The summed E-state index contributed by atoms with van der Waals surface area (Å²) in [7, 11) is 1.60. The first kappa shape index (κ1) is 19.0. The predicted octanol–water partition coefficient (Wildman–Crippen LogP) is 5.86. The minimum atomic E-state index is -0.149. The summed E-state index contributed by atoms with van der Waals surface area (Å²) >= 11 is 1.68. The van der Waals surface area contributed by atoms with Crippen LogP contribution < -0.4 is 10.1 Å². The highest BCUT2D eigenvalue weighted by atomic mass is 32.1. The molecule has 5 heteroatoms. The van der Waals surface area contributed by atoms with Gasteiger partial charge in [-0.25, -0.2) is 4.79 Å². The van der Waals surface area contributed by atoms with Gasteiger partial charge in [0.05, 0.1) is 25.4 Å². The molecule has 140 valence electrons. The van der Waals surface area contributed by atoms with Crippen molar-refractivity contribution in [2.45, 2.75) is 26.4 Å². The van der Waals surface area contributed by atoms with Gasteiger partial charge in [-0.15, -0.1) is 11.3 Å². The molecule has 1 unspecified atom stereocenters. The Balaban J connectivity index is 1.88. The molecule has 0 spiro atoms. The Morgan fingerprint density at radius 2 is 1.81 bits per heavy atom. The van der Waals surface area contributed by atoms with Gasteiger partial charge in [-0.05, 0) is 48.6 Å². The summed E-state index contributed by atoms with van der Waals surface area (Å²) in [6, 6.07) is 19.4. The van der Waals surface area contributed by atoms with Crippen LogP contribution in [0.15, 0.2) is 66.0 Å². The Labute approximate surface area is 164 Å². The minimum Gasteiger partial charge on any atom is -0.495 e. The quantitative estimate of drug-likeness (QED) is 0.582. The number of rotatable bonds is 6. The normalized spacial score (nSPS) is 11.7.